The van der Waals surface area contributed by atoms with Crippen LogP contribution in [-0.4, -0.2) is 50.2 Å². The largest absolute Gasteiger partial charge is 0.486 e. The van der Waals surface area contributed by atoms with Gasteiger partial charge in [0.05, 0.1) is 10.6 Å². The molecule has 0 saturated heterocycles. The van der Waals surface area contributed by atoms with Crippen LogP contribution in [0, 0.1) is 0 Å². The summed E-state index contributed by atoms with van der Waals surface area (Å²) in [4.78, 5) is 35.6. The number of benzene rings is 1. The van der Waals surface area contributed by atoms with E-state index in [0.717, 1.165) is 6.42 Å². The van der Waals surface area contributed by atoms with Crippen LogP contribution in [0.25, 0.3) is 0 Å². The smallest absolute Gasteiger partial charge is 0.338 e. The van der Waals surface area contributed by atoms with E-state index in [1.165, 1.54) is 12.1 Å². The molecule has 0 fully saturated rings. The second-order valence-corrected chi connectivity index (χ2v) is 6.05. The Labute approximate surface area is 156 Å². The number of nitrogens with one attached hydrogen (secondary N) is 2. The monoisotopic (exact) mass is 384 g/mol. The minimum atomic E-state index is -0.734. The van der Waals surface area contributed by atoms with E-state index in [1.54, 1.807) is 6.92 Å². The number of amides is 2. The molecule has 0 unspecified atom stereocenters. The fraction of sp³-hybridized carbons (Fsp3) is 0.471. The lowest BCUT2D eigenvalue weighted by Gasteiger charge is -2.20. The first kappa shape index (κ1) is 19.8. The third kappa shape index (κ3) is 5.26. The van der Waals surface area contributed by atoms with Gasteiger partial charge in [0, 0.05) is 6.54 Å². The highest BCUT2D eigenvalue weighted by atomic mass is 35.5. The molecule has 142 valence electrons. The molecule has 1 aliphatic rings. The number of carbonyl (C=O) groups is 3. The number of rotatable bonds is 7. The number of halogens is 1. The summed E-state index contributed by atoms with van der Waals surface area (Å²) in [5.41, 5.74) is 0.140. The number of esters is 1. The standard InChI is InChI=1S/C17H21ClN2O6/c1-3-4-19-16(22)10(2)20-14(21)9-26-17(23)11-7-12(18)15-13(8-11)24-5-6-25-15/h7-8,10H,3-6,9H2,1-2H3,(H,19,22)(H,20,21)/t10-/m1/s1. The summed E-state index contributed by atoms with van der Waals surface area (Å²) in [6, 6.07) is 2.11. The van der Waals surface area contributed by atoms with Crippen LogP contribution in [-0.2, 0) is 14.3 Å². The second-order valence-electron chi connectivity index (χ2n) is 5.64. The van der Waals surface area contributed by atoms with E-state index < -0.39 is 24.5 Å². The number of hydrogen-bond donors (Lipinski definition) is 2. The number of fused-ring (bicyclic) bond motifs is 1. The van der Waals surface area contributed by atoms with Crippen molar-refractivity contribution >= 4 is 29.4 Å². The molecule has 0 saturated carbocycles. The molecule has 2 rings (SSSR count). The minimum Gasteiger partial charge on any atom is -0.486 e. The highest BCUT2D eigenvalue weighted by Gasteiger charge is 2.21. The summed E-state index contributed by atoms with van der Waals surface area (Å²) in [6.07, 6.45) is 0.794. The summed E-state index contributed by atoms with van der Waals surface area (Å²) in [5.74, 6) is -0.895. The highest BCUT2D eigenvalue weighted by molar-refractivity contribution is 6.32. The Hall–Kier alpha value is -2.48. The van der Waals surface area contributed by atoms with Crippen LogP contribution in [0.5, 0.6) is 11.5 Å². The van der Waals surface area contributed by atoms with E-state index in [1.807, 2.05) is 6.92 Å². The van der Waals surface area contributed by atoms with Crippen LogP contribution in [0.4, 0.5) is 0 Å². The Bertz CT molecular complexity index is 694. The third-order valence-corrected chi connectivity index (χ3v) is 3.77. The molecule has 0 radical (unpaired) electrons. The SMILES string of the molecule is CCCNC(=O)[C@@H](C)NC(=O)COC(=O)c1cc(Cl)c2c(c1)OCCO2. The Morgan fingerprint density at radius 1 is 1.27 bits per heavy atom. The van der Waals surface area contributed by atoms with Crippen molar-refractivity contribution in [3.8, 4) is 11.5 Å². The van der Waals surface area contributed by atoms with E-state index >= 15 is 0 Å². The molecule has 2 N–H and O–H groups in total. The first-order chi connectivity index (χ1) is 12.4. The van der Waals surface area contributed by atoms with Gasteiger partial charge in [-0.3, -0.25) is 9.59 Å². The minimum absolute atomic E-state index is 0.140. The molecule has 0 aliphatic carbocycles. The van der Waals surface area contributed by atoms with Crippen LogP contribution >= 0.6 is 11.6 Å². The molecule has 2 amide bonds. The van der Waals surface area contributed by atoms with Gasteiger partial charge in [-0.15, -0.1) is 0 Å². The van der Waals surface area contributed by atoms with Crippen molar-refractivity contribution in [1.29, 1.82) is 0 Å². The Morgan fingerprint density at radius 2 is 2.00 bits per heavy atom. The van der Waals surface area contributed by atoms with Crippen LogP contribution in [0.1, 0.15) is 30.6 Å². The topological polar surface area (TPSA) is 103 Å². The van der Waals surface area contributed by atoms with Crippen molar-refractivity contribution in [1.82, 2.24) is 10.6 Å². The van der Waals surface area contributed by atoms with Crippen LogP contribution < -0.4 is 20.1 Å². The van der Waals surface area contributed by atoms with Gasteiger partial charge in [0.15, 0.2) is 18.1 Å². The first-order valence-electron chi connectivity index (χ1n) is 8.25. The predicted octanol–water partition coefficient (Wildman–Crippen LogP) is 1.30. The molecular weight excluding hydrogens is 364 g/mol. The molecule has 1 aromatic carbocycles. The molecule has 8 nitrogen and oxygen atoms in total. The second kappa shape index (κ2) is 9.28. The van der Waals surface area contributed by atoms with Gasteiger partial charge >= 0.3 is 5.97 Å². The molecule has 1 aliphatic heterocycles. The van der Waals surface area contributed by atoms with E-state index in [-0.39, 0.29) is 16.5 Å². The van der Waals surface area contributed by atoms with Gasteiger partial charge in [-0.2, -0.15) is 0 Å². The van der Waals surface area contributed by atoms with Crippen molar-refractivity contribution < 1.29 is 28.6 Å². The van der Waals surface area contributed by atoms with E-state index in [2.05, 4.69) is 10.6 Å². The van der Waals surface area contributed by atoms with Crippen molar-refractivity contribution in [3.05, 3.63) is 22.7 Å². The Morgan fingerprint density at radius 3 is 2.73 bits per heavy atom. The number of hydrogen-bond acceptors (Lipinski definition) is 6. The van der Waals surface area contributed by atoms with Crippen LogP contribution in [0.15, 0.2) is 12.1 Å². The predicted molar refractivity (Wildman–Crippen MR) is 93.6 cm³/mol. The van der Waals surface area contributed by atoms with Crippen molar-refractivity contribution in [2.75, 3.05) is 26.4 Å². The van der Waals surface area contributed by atoms with Gasteiger partial charge < -0.3 is 24.8 Å². The lowest BCUT2D eigenvalue weighted by molar-refractivity contribution is -0.130. The maximum Gasteiger partial charge on any atom is 0.338 e. The fourth-order valence-corrected chi connectivity index (χ4v) is 2.46. The molecular formula is C17H21ClN2O6. The number of ether oxygens (including phenoxy) is 3. The maximum absolute atomic E-state index is 12.1. The lowest BCUT2D eigenvalue weighted by atomic mass is 10.2. The molecule has 0 bridgehead atoms. The zero-order valence-corrected chi connectivity index (χ0v) is 15.4. The van der Waals surface area contributed by atoms with Gasteiger partial charge in [-0.25, -0.2) is 4.79 Å². The average molecular weight is 385 g/mol. The third-order valence-electron chi connectivity index (χ3n) is 3.49. The number of carbonyl (C=O) groups excluding carboxylic acids is 3. The summed E-state index contributed by atoms with van der Waals surface area (Å²) in [7, 11) is 0. The molecule has 0 spiro atoms. The molecule has 0 aromatic heterocycles. The maximum atomic E-state index is 12.1. The van der Waals surface area contributed by atoms with Gasteiger partial charge in [-0.1, -0.05) is 18.5 Å². The molecule has 1 atom stereocenters. The van der Waals surface area contributed by atoms with E-state index in [4.69, 9.17) is 25.8 Å². The summed E-state index contributed by atoms with van der Waals surface area (Å²) < 4.78 is 15.7. The summed E-state index contributed by atoms with van der Waals surface area (Å²) >= 11 is 6.06. The van der Waals surface area contributed by atoms with Crippen molar-refractivity contribution in [2.24, 2.45) is 0 Å². The van der Waals surface area contributed by atoms with E-state index in [0.29, 0.717) is 31.3 Å². The Kier molecular flexibility index (Phi) is 7.08. The molecule has 1 heterocycles. The van der Waals surface area contributed by atoms with E-state index in [9.17, 15) is 14.4 Å². The quantitative estimate of drug-likeness (QED) is 0.687. The normalized spacial score (nSPS) is 13.5. The van der Waals surface area contributed by atoms with Crippen LogP contribution in [0.2, 0.25) is 5.02 Å². The van der Waals surface area contributed by atoms with Gasteiger partial charge in [-0.05, 0) is 25.5 Å². The first-order valence-corrected chi connectivity index (χ1v) is 8.63. The lowest BCUT2D eigenvalue weighted by Crippen LogP contribution is -2.46. The van der Waals surface area contributed by atoms with Gasteiger partial charge in [0.2, 0.25) is 5.91 Å². The van der Waals surface area contributed by atoms with Crippen molar-refractivity contribution in [2.45, 2.75) is 26.3 Å². The molecule has 1 aromatic rings. The fourth-order valence-electron chi connectivity index (χ4n) is 2.19. The average Bonchev–Trinajstić information content (AvgIpc) is 2.64. The van der Waals surface area contributed by atoms with Crippen LogP contribution in [0.3, 0.4) is 0 Å². The zero-order chi connectivity index (χ0) is 19.1. The summed E-state index contributed by atoms with van der Waals surface area (Å²) in [5, 5.41) is 5.34. The molecule has 26 heavy (non-hydrogen) atoms. The van der Waals surface area contributed by atoms with Gasteiger partial charge in [0.25, 0.3) is 5.91 Å². The van der Waals surface area contributed by atoms with Crippen molar-refractivity contribution in [3.63, 3.8) is 0 Å². The van der Waals surface area contributed by atoms with Gasteiger partial charge in [0.1, 0.15) is 19.3 Å². The Balaban J connectivity index is 1.87. The zero-order valence-electron chi connectivity index (χ0n) is 14.6. The highest BCUT2D eigenvalue weighted by Crippen LogP contribution is 2.38. The summed E-state index contributed by atoms with van der Waals surface area (Å²) in [6.45, 7) is 4.20. The molecule has 9 heteroatoms.